The van der Waals surface area contributed by atoms with Crippen LogP contribution in [-0.2, 0) is 17.8 Å². The van der Waals surface area contributed by atoms with Gasteiger partial charge in [0.2, 0.25) is 5.91 Å². The van der Waals surface area contributed by atoms with Crippen LogP contribution >= 0.6 is 0 Å². The summed E-state index contributed by atoms with van der Waals surface area (Å²) in [6.07, 6.45) is 6.57. The summed E-state index contributed by atoms with van der Waals surface area (Å²) in [5, 5.41) is 0. The van der Waals surface area contributed by atoms with Gasteiger partial charge in [-0.05, 0) is 25.7 Å². The lowest BCUT2D eigenvalue weighted by molar-refractivity contribution is -0.130. The predicted octanol–water partition coefficient (Wildman–Crippen LogP) is 1.21. The molecule has 0 bridgehead atoms. The lowest BCUT2D eigenvalue weighted by Crippen LogP contribution is -2.34. The van der Waals surface area contributed by atoms with E-state index in [0.29, 0.717) is 0 Å². The van der Waals surface area contributed by atoms with Crippen molar-refractivity contribution in [3.8, 4) is 0 Å². The molecule has 0 saturated carbocycles. The Bertz CT molecular complexity index is 490. The van der Waals surface area contributed by atoms with Crippen molar-refractivity contribution >= 4 is 5.91 Å². The number of rotatable bonds is 5. The fourth-order valence-electron chi connectivity index (χ4n) is 2.29. The molecule has 0 radical (unpaired) electrons. The van der Waals surface area contributed by atoms with Gasteiger partial charge in [-0.15, -0.1) is 0 Å². The van der Waals surface area contributed by atoms with Crippen LogP contribution in [0.15, 0.2) is 17.2 Å². The molecule has 0 aliphatic carbocycles. The Balaban J connectivity index is 2.00. The van der Waals surface area contributed by atoms with E-state index < -0.39 is 0 Å². The number of carbonyl (C=O) groups is 1. The third-order valence-electron chi connectivity index (χ3n) is 3.49. The first-order valence-electron chi connectivity index (χ1n) is 7.04. The van der Waals surface area contributed by atoms with Crippen molar-refractivity contribution in [2.45, 2.75) is 45.6 Å². The van der Waals surface area contributed by atoms with Gasteiger partial charge in [0.05, 0.1) is 6.33 Å². The average Bonchev–Trinajstić information content (AvgIpc) is 2.93. The van der Waals surface area contributed by atoms with E-state index in [1.165, 1.54) is 10.9 Å². The van der Waals surface area contributed by atoms with E-state index in [9.17, 15) is 9.59 Å². The number of unbranched alkanes of at least 4 members (excludes halogenated alkanes) is 1. The minimum absolute atomic E-state index is 0.0164. The van der Waals surface area contributed by atoms with Gasteiger partial charge in [0.15, 0.2) is 0 Å². The summed E-state index contributed by atoms with van der Waals surface area (Å²) in [7, 11) is 0. The van der Waals surface area contributed by atoms with Crippen LogP contribution < -0.4 is 5.56 Å². The fraction of sp³-hybridized carbons (Fsp3) is 0.643. The van der Waals surface area contributed by atoms with E-state index in [-0.39, 0.29) is 18.0 Å². The molecule has 2 rings (SSSR count). The number of likely N-dealkylation sites (tertiary alicyclic amines) is 1. The molecule has 2 heterocycles. The van der Waals surface area contributed by atoms with Crippen LogP contribution in [0.25, 0.3) is 0 Å². The highest BCUT2D eigenvalue weighted by Crippen LogP contribution is 2.07. The number of hydrogen-bond acceptors (Lipinski definition) is 3. The minimum atomic E-state index is -0.131. The van der Waals surface area contributed by atoms with Crippen molar-refractivity contribution in [2.24, 2.45) is 0 Å². The van der Waals surface area contributed by atoms with Gasteiger partial charge in [0, 0.05) is 24.8 Å². The van der Waals surface area contributed by atoms with Crippen molar-refractivity contribution in [3.63, 3.8) is 0 Å². The average molecular weight is 263 g/mol. The van der Waals surface area contributed by atoms with Crippen LogP contribution in [0.1, 0.15) is 38.3 Å². The van der Waals surface area contributed by atoms with E-state index in [1.807, 2.05) is 4.90 Å². The van der Waals surface area contributed by atoms with Crippen LogP contribution in [0.4, 0.5) is 0 Å². The van der Waals surface area contributed by atoms with E-state index >= 15 is 0 Å². The van der Waals surface area contributed by atoms with Gasteiger partial charge in [-0.2, -0.15) is 0 Å². The Labute approximate surface area is 113 Å². The second kappa shape index (κ2) is 6.50. The summed E-state index contributed by atoms with van der Waals surface area (Å²) in [5.74, 6) is 0.0164. The molecule has 1 fully saturated rings. The van der Waals surface area contributed by atoms with E-state index in [0.717, 1.165) is 50.9 Å². The van der Waals surface area contributed by atoms with E-state index in [1.54, 1.807) is 6.07 Å². The summed E-state index contributed by atoms with van der Waals surface area (Å²) in [5.41, 5.74) is 0.686. The maximum absolute atomic E-state index is 12.0. The summed E-state index contributed by atoms with van der Waals surface area (Å²) in [6, 6.07) is 1.55. The van der Waals surface area contributed by atoms with E-state index in [4.69, 9.17) is 0 Å². The normalized spacial score (nSPS) is 14.9. The Hall–Kier alpha value is -1.65. The van der Waals surface area contributed by atoms with Gasteiger partial charge < -0.3 is 4.90 Å². The summed E-state index contributed by atoms with van der Waals surface area (Å²) in [4.78, 5) is 29.9. The quantitative estimate of drug-likeness (QED) is 0.802. The monoisotopic (exact) mass is 263 g/mol. The molecule has 19 heavy (non-hydrogen) atoms. The van der Waals surface area contributed by atoms with Crippen molar-refractivity contribution in [1.82, 2.24) is 14.5 Å². The predicted molar refractivity (Wildman–Crippen MR) is 72.9 cm³/mol. The highest BCUT2D eigenvalue weighted by Gasteiger charge is 2.18. The highest BCUT2D eigenvalue weighted by atomic mass is 16.2. The Kier molecular flexibility index (Phi) is 4.71. The molecule has 0 aromatic carbocycles. The number of aromatic nitrogens is 2. The highest BCUT2D eigenvalue weighted by molar-refractivity contribution is 5.76. The van der Waals surface area contributed by atoms with Crippen molar-refractivity contribution in [3.05, 3.63) is 28.4 Å². The Morgan fingerprint density at radius 3 is 2.74 bits per heavy atom. The van der Waals surface area contributed by atoms with Gasteiger partial charge in [-0.1, -0.05) is 13.3 Å². The molecular weight excluding hydrogens is 242 g/mol. The molecule has 1 amide bonds. The first-order valence-corrected chi connectivity index (χ1v) is 7.04. The minimum Gasteiger partial charge on any atom is -0.341 e. The van der Waals surface area contributed by atoms with Crippen LogP contribution in [0.2, 0.25) is 0 Å². The van der Waals surface area contributed by atoms with Gasteiger partial charge in [-0.3, -0.25) is 14.2 Å². The molecule has 1 aliphatic rings. The molecule has 0 unspecified atom stereocenters. The molecule has 5 heteroatoms. The summed E-state index contributed by atoms with van der Waals surface area (Å²) >= 11 is 0. The second-order valence-corrected chi connectivity index (χ2v) is 5.04. The van der Waals surface area contributed by atoms with Crippen molar-refractivity contribution in [2.75, 3.05) is 13.1 Å². The largest absolute Gasteiger partial charge is 0.341 e. The number of amides is 1. The standard InChI is InChI=1S/C14H21N3O2/c1-2-3-6-12-9-13(18)17(11-15-12)10-14(19)16-7-4-5-8-16/h9,11H,2-8,10H2,1H3. The van der Waals surface area contributed by atoms with Crippen LogP contribution in [0, 0.1) is 0 Å². The molecule has 1 aliphatic heterocycles. The maximum atomic E-state index is 12.0. The molecule has 1 aromatic rings. The van der Waals surface area contributed by atoms with E-state index in [2.05, 4.69) is 11.9 Å². The van der Waals surface area contributed by atoms with Gasteiger partial charge in [0.25, 0.3) is 5.56 Å². The first-order chi connectivity index (χ1) is 9.20. The third kappa shape index (κ3) is 3.66. The molecular formula is C14H21N3O2. The zero-order valence-electron chi connectivity index (χ0n) is 11.5. The smallest absolute Gasteiger partial charge is 0.253 e. The lowest BCUT2D eigenvalue weighted by atomic mass is 10.2. The SMILES string of the molecule is CCCCc1cc(=O)n(CC(=O)N2CCCC2)cn1. The number of carbonyl (C=O) groups excluding carboxylic acids is 1. The van der Waals surface area contributed by atoms with Gasteiger partial charge in [0.1, 0.15) is 6.54 Å². The Morgan fingerprint density at radius 1 is 1.37 bits per heavy atom. The number of nitrogens with zero attached hydrogens (tertiary/aromatic N) is 3. The molecule has 0 N–H and O–H groups in total. The molecule has 0 atom stereocenters. The molecule has 104 valence electrons. The number of hydrogen-bond donors (Lipinski definition) is 0. The second-order valence-electron chi connectivity index (χ2n) is 5.04. The van der Waals surface area contributed by atoms with Crippen molar-refractivity contribution in [1.29, 1.82) is 0 Å². The van der Waals surface area contributed by atoms with Crippen LogP contribution in [0.5, 0.6) is 0 Å². The molecule has 1 aromatic heterocycles. The topological polar surface area (TPSA) is 55.2 Å². The summed E-state index contributed by atoms with van der Waals surface area (Å²) < 4.78 is 1.40. The molecule has 1 saturated heterocycles. The van der Waals surface area contributed by atoms with Crippen molar-refractivity contribution < 1.29 is 4.79 Å². The van der Waals surface area contributed by atoms with Crippen LogP contribution in [0.3, 0.4) is 0 Å². The van der Waals surface area contributed by atoms with Gasteiger partial charge in [-0.25, -0.2) is 4.98 Å². The zero-order chi connectivity index (χ0) is 13.7. The molecule has 5 nitrogen and oxygen atoms in total. The third-order valence-corrected chi connectivity index (χ3v) is 3.49. The lowest BCUT2D eigenvalue weighted by Gasteiger charge is -2.15. The summed E-state index contributed by atoms with van der Waals surface area (Å²) in [6.45, 7) is 3.85. The fourth-order valence-corrected chi connectivity index (χ4v) is 2.29. The van der Waals surface area contributed by atoms with Crippen LogP contribution in [-0.4, -0.2) is 33.4 Å². The number of aryl methyl sites for hydroxylation is 1. The van der Waals surface area contributed by atoms with Gasteiger partial charge >= 0.3 is 0 Å². The maximum Gasteiger partial charge on any atom is 0.253 e. The Morgan fingerprint density at radius 2 is 2.11 bits per heavy atom. The first kappa shape index (κ1) is 13.8. The molecule has 0 spiro atoms. The zero-order valence-corrected chi connectivity index (χ0v) is 11.5.